The van der Waals surface area contributed by atoms with Crippen molar-refractivity contribution in [3.05, 3.63) is 47.5 Å². The van der Waals surface area contributed by atoms with E-state index in [1.165, 1.54) is 0 Å². The van der Waals surface area contributed by atoms with Crippen molar-refractivity contribution in [2.75, 3.05) is 54.1 Å². The molecule has 0 saturated carbocycles. The van der Waals surface area contributed by atoms with Crippen LogP contribution >= 0.6 is 0 Å². The molecule has 29 heavy (non-hydrogen) atoms. The van der Waals surface area contributed by atoms with Gasteiger partial charge in [-0.05, 0) is 43.7 Å². The Morgan fingerprint density at radius 1 is 0.931 bits per heavy atom. The van der Waals surface area contributed by atoms with Gasteiger partial charge in [-0.3, -0.25) is 4.90 Å². The molecule has 158 valence electrons. The molecule has 0 spiro atoms. The Morgan fingerprint density at radius 2 is 1.66 bits per heavy atom. The first-order valence-corrected chi connectivity index (χ1v) is 10.2. The molecule has 0 radical (unpaired) electrons. The van der Waals surface area contributed by atoms with Gasteiger partial charge < -0.3 is 24.3 Å². The van der Waals surface area contributed by atoms with Gasteiger partial charge in [-0.15, -0.1) is 0 Å². The molecule has 1 heterocycles. The lowest BCUT2D eigenvalue weighted by molar-refractivity contribution is 0.232. The number of para-hydroxylation sites is 1. The van der Waals surface area contributed by atoms with Crippen LogP contribution in [0.3, 0.4) is 0 Å². The quantitative estimate of drug-likeness (QED) is 0.732. The summed E-state index contributed by atoms with van der Waals surface area (Å²) in [6.45, 7) is 6.57. The number of nitrogens with zero attached hydrogens (tertiary/aromatic N) is 1. The van der Waals surface area contributed by atoms with Gasteiger partial charge in [0.15, 0.2) is 11.5 Å². The van der Waals surface area contributed by atoms with E-state index < -0.39 is 0 Å². The predicted molar refractivity (Wildman–Crippen MR) is 115 cm³/mol. The second-order valence-corrected chi connectivity index (χ2v) is 6.97. The van der Waals surface area contributed by atoms with Gasteiger partial charge in [-0.25, -0.2) is 0 Å². The third-order valence-corrected chi connectivity index (χ3v) is 5.26. The molecule has 0 bridgehead atoms. The van der Waals surface area contributed by atoms with Crippen LogP contribution in [-0.2, 0) is 0 Å². The van der Waals surface area contributed by atoms with Gasteiger partial charge in [0.2, 0.25) is 5.75 Å². The Bertz CT molecular complexity index is 763. The normalized spacial score (nSPS) is 16.0. The number of rotatable bonds is 8. The minimum atomic E-state index is 0.0198. The molecule has 1 aliphatic rings. The van der Waals surface area contributed by atoms with Crippen LogP contribution < -0.4 is 24.3 Å². The topological polar surface area (TPSA) is 52.2 Å². The van der Waals surface area contributed by atoms with E-state index in [0.29, 0.717) is 23.9 Å². The molecular formula is C23H32N2O4. The zero-order valence-corrected chi connectivity index (χ0v) is 17.9. The predicted octanol–water partition coefficient (Wildman–Crippen LogP) is 3.50. The number of nitrogens with one attached hydrogen (secondary N) is 1. The van der Waals surface area contributed by atoms with Crippen LogP contribution in [0.25, 0.3) is 0 Å². The van der Waals surface area contributed by atoms with E-state index in [1.54, 1.807) is 21.3 Å². The largest absolute Gasteiger partial charge is 0.494 e. The standard InChI is InChI=1S/C23H32N2O4/c1-5-29-19-10-7-6-9-18(19)22(25-13-8-11-24-12-14-25)17-15-20(26-2)23(28-4)21(16-17)27-3/h6-7,9-10,15-16,22,24H,5,8,11-14H2,1-4H3. The van der Waals surface area contributed by atoms with Gasteiger partial charge in [0.1, 0.15) is 5.75 Å². The van der Waals surface area contributed by atoms with Crippen molar-refractivity contribution < 1.29 is 18.9 Å². The molecule has 6 nitrogen and oxygen atoms in total. The van der Waals surface area contributed by atoms with Crippen LogP contribution in [0.2, 0.25) is 0 Å². The highest BCUT2D eigenvalue weighted by Gasteiger charge is 2.28. The third kappa shape index (κ3) is 4.77. The zero-order valence-electron chi connectivity index (χ0n) is 17.9. The van der Waals surface area contributed by atoms with Gasteiger partial charge >= 0.3 is 0 Å². The minimum Gasteiger partial charge on any atom is -0.494 e. The molecule has 1 aliphatic heterocycles. The van der Waals surface area contributed by atoms with E-state index in [2.05, 4.69) is 22.3 Å². The van der Waals surface area contributed by atoms with Gasteiger partial charge in [0.05, 0.1) is 34.0 Å². The maximum absolute atomic E-state index is 5.99. The SMILES string of the molecule is CCOc1ccccc1C(c1cc(OC)c(OC)c(OC)c1)N1CCCNCC1. The van der Waals surface area contributed by atoms with Gasteiger partial charge in [0.25, 0.3) is 0 Å². The van der Waals surface area contributed by atoms with Crippen molar-refractivity contribution in [3.8, 4) is 23.0 Å². The number of benzene rings is 2. The number of hydrogen-bond acceptors (Lipinski definition) is 6. The van der Waals surface area contributed by atoms with Crippen LogP contribution in [-0.4, -0.2) is 59.0 Å². The van der Waals surface area contributed by atoms with Crippen molar-refractivity contribution >= 4 is 0 Å². The molecule has 6 heteroatoms. The number of hydrogen-bond donors (Lipinski definition) is 1. The van der Waals surface area contributed by atoms with Gasteiger partial charge in [-0.1, -0.05) is 18.2 Å². The highest BCUT2D eigenvalue weighted by molar-refractivity contribution is 5.56. The Hall–Kier alpha value is -2.44. The van der Waals surface area contributed by atoms with Crippen LogP contribution in [0.1, 0.15) is 30.5 Å². The number of methoxy groups -OCH3 is 3. The Morgan fingerprint density at radius 3 is 2.31 bits per heavy atom. The fraction of sp³-hybridized carbons (Fsp3) is 0.478. The average molecular weight is 401 g/mol. The van der Waals surface area contributed by atoms with Crippen molar-refractivity contribution in [3.63, 3.8) is 0 Å². The first-order valence-electron chi connectivity index (χ1n) is 10.2. The summed E-state index contributed by atoms with van der Waals surface area (Å²) in [6, 6.07) is 12.4. The second kappa shape index (κ2) is 10.4. The van der Waals surface area contributed by atoms with E-state index >= 15 is 0 Å². The van der Waals surface area contributed by atoms with E-state index in [9.17, 15) is 0 Å². The Kier molecular flexibility index (Phi) is 7.61. The maximum atomic E-state index is 5.99. The molecule has 1 saturated heterocycles. The minimum absolute atomic E-state index is 0.0198. The molecule has 1 unspecified atom stereocenters. The molecular weight excluding hydrogens is 368 g/mol. The van der Waals surface area contributed by atoms with Crippen molar-refractivity contribution in [2.24, 2.45) is 0 Å². The zero-order chi connectivity index (χ0) is 20.6. The lowest BCUT2D eigenvalue weighted by Crippen LogP contribution is -2.33. The number of ether oxygens (including phenoxy) is 4. The summed E-state index contributed by atoms with van der Waals surface area (Å²) >= 11 is 0. The summed E-state index contributed by atoms with van der Waals surface area (Å²) in [5, 5.41) is 3.50. The van der Waals surface area contributed by atoms with Crippen molar-refractivity contribution in [1.82, 2.24) is 10.2 Å². The molecule has 0 aromatic heterocycles. The van der Waals surface area contributed by atoms with Crippen LogP contribution in [0, 0.1) is 0 Å². The lowest BCUT2D eigenvalue weighted by Gasteiger charge is -2.33. The van der Waals surface area contributed by atoms with Crippen LogP contribution in [0.5, 0.6) is 23.0 Å². The van der Waals surface area contributed by atoms with E-state index in [-0.39, 0.29) is 6.04 Å². The maximum Gasteiger partial charge on any atom is 0.203 e. The highest BCUT2D eigenvalue weighted by atomic mass is 16.5. The molecule has 1 atom stereocenters. The fourth-order valence-electron chi connectivity index (χ4n) is 3.96. The molecule has 3 rings (SSSR count). The highest BCUT2D eigenvalue weighted by Crippen LogP contribution is 2.43. The average Bonchev–Trinajstić information content (AvgIpc) is 3.04. The molecule has 2 aromatic carbocycles. The fourth-order valence-corrected chi connectivity index (χ4v) is 3.96. The molecule has 1 N–H and O–H groups in total. The summed E-state index contributed by atoms with van der Waals surface area (Å²) in [7, 11) is 4.93. The molecule has 0 aliphatic carbocycles. The summed E-state index contributed by atoms with van der Waals surface area (Å²) in [6.07, 6.45) is 1.09. The first kappa shape index (κ1) is 21.3. The van der Waals surface area contributed by atoms with E-state index in [0.717, 1.165) is 49.5 Å². The van der Waals surface area contributed by atoms with Crippen LogP contribution in [0.4, 0.5) is 0 Å². The summed E-state index contributed by atoms with van der Waals surface area (Å²) in [5.74, 6) is 2.83. The van der Waals surface area contributed by atoms with Crippen molar-refractivity contribution in [2.45, 2.75) is 19.4 Å². The van der Waals surface area contributed by atoms with Gasteiger partial charge in [0, 0.05) is 25.2 Å². The summed E-state index contributed by atoms with van der Waals surface area (Å²) in [4.78, 5) is 2.50. The van der Waals surface area contributed by atoms with E-state index in [4.69, 9.17) is 18.9 Å². The monoisotopic (exact) mass is 400 g/mol. The van der Waals surface area contributed by atoms with E-state index in [1.807, 2.05) is 31.2 Å². The smallest absolute Gasteiger partial charge is 0.203 e. The summed E-state index contributed by atoms with van der Waals surface area (Å²) < 4.78 is 22.8. The Balaban J connectivity index is 2.15. The van der Waals surface area contributed by atoms with Crippen molar-refractivity contribution in [1.29, 1.82) is 0 Å². The second-order valence-electron chi connectivity index (χ2n) is 6.97. The Labute approximate surface area is 173 Å². The third-order valence-electron chi connectivity index (χ3n) is 5.26. The van der Waals surface area contributed by atoms with Crippen LogP contribution in [0.15, 0.2) is 36.4 Å². The summed E-state index contributed by atoms with van der Waals surface area (Å²) in [5.41, 5.74) is 2.24. The lowest BCUT2D eigenvalue weighted by atomic mass is 9.95. The van der Waals surface area contributed by atoms with Gasteiger partial charge in [-0.2, -0.15) is 0 Å². The molecule has 0 amide bonds. The first-order chi connectivity index (χ1) is 14.2. The molecule has 1 fully saturated rings. The molecule has 2 aromatic rings.